The van der Waals surface area contributed by atoms with E-state index in [-0.39, 0.29) is 17.0 Å². The fraction of sp³-hybridized carbons (Fsp3) is 0.381. The van der Waals surface area contributed by atoms with Gasteiger partial charge in [-0.1, -0.05) is 35.9 Å². The maximum atomic E-state index is 13.7. The van der Waals surface area contributed by atoms with Gasteiger partial charge in [-0.3, -0.25) is 4.79 Å². The van der Waals surface area contributed by atoms with Crippen molar-refractivity contribution in [3.63, 3.8) is 0 Å². The highest BCUT2D eigenvalue weighted by Crippen LogP contribution is 2.35. The first kappa shape index (κ1) is 19.8. The molecule has 3 rings (SSSR count). The lowest BCUT2D eigenvalue weighted by molar-refractivity contribution is -0.117. The molecule has 144 valence electrons. The van der Waals surface area contributed by atoms with Crippen LogP contribution in [0.25, 0.3) is 0 Å². The van der Waals surface area contributed by atoms with Gasteiger partial charge in [0.15, 0.2) is 0 Å². The molecule has 0 aromatic heterocycles. The van der Waals surface area contributed by atoms with Crippen LogP contribution >= 0.6 is 11.6 Å². The molecule has 0 spiro atoms. The van der Waals surface area contributed by atoms with Crippen LogP contribution in [0.2, 0.25) is 5.02 Å². The lowest BCUT2D eigenvalue weighted by Gasteiger charge is -2.38. The quantitative estimate of drug-likeness (QED) is 0.779. The SMILES string of the molecule is CC(NCC1(c2ccc(Cl)cc2)CCOCC1)C(=O)Nc1ccccc1F. The molecule has 1 aliphatic heterocycles. The highest BCUT2D eigenvalue weighted by Gasteiger charge is 2.35. The second-order valence-electron chi connectivity index (χ2n) is 6.97. The van der Waals surface area contributed by atoms with E-state index in [9.17, 15) is 9.18 Å². The van der Waals surface area contributed by atoms with Crippen molar-refractivity contribution in [1.29, 1.82) is 0 Å². The van der Waals surface area contributed by atoms with Gasteiger partial charge in [0.2, 0.25) is 5.91 Å². The van der Waals surface area contributed by atoms with Crippen molar-refractivity contribution in [1.82, 2.24) is 5.32 Å². The average Bonchev–Trinajstić information content (AvgIpc) is 2.69. The summed E-state index contributed by atoms with van der Waals surface area (Å²) in [6, 6.07) is 13.6. The minimum Gasteiger partial charge on any atom is -0.381 e. The van der Waals surface area contributed by atoms with Crippen LogP contribution in [0, 0.1) is 5.82 Å². The molecule has 2 aromatic carbocycles. The number of nitrogens with one attached hydrogen (secondary N) is 2. The lowest BCUT2D eigenvalue weighted by Crippen LogP contribution is -2.48. The van der Waals surface area contributed by atoms with Crippen LogP contribution < -0.4 is 10.6 Å². The van der Waals surface area contributed by atoms with Gasteiger partial charge in [0.1, 0.15) is 5.82 Å². The van der Waals surface area contributed by atoms with Gasteiger partial charge in [-0.25, -0.2) is 4.39 Å². The van der Waals surface area contributed by atoms with Crippen molar-refractivity contribution >= 4 is 23.2 Å². The normalized spacial score (nSPS) is 17.3. The third-order valence-electron chi connectivity index (χ3n) is 5.18. The van der Waals surface area contributed by atoms with E-state index in [0.29, 0.717) is 24.8 Å². The molecule has 1 aliphatic rings. The zero-order chi connectivity index (χ0) is 19.3. The summed E-state index contributed by atoms with van der Waals surface area (Å²) in [5.74, 6) is -0.710. The number of rotatable bonds is 6. The van der Waals surface area contributed by atoms with Gasteiger partial charge in [-0.05, 0) is 49.6 Å². The Bertz CT molecular complexity index is 776. The Hall–Kier alpha value is -1.95. The molecule has 0 bridgehead atoms. The van der Waals surface area contributed by atoms with Crippen LogP contribution in [0.4, 0.5) is 10.1 Å². The number of hydrogen-bond acceptors (Lipinski definition) is 3. The van der Waals surface area contributed by atoms with E-state index >= 15 is 0 Å². The molecule has 1 saturated heterocycles. The van der Waals surface area contributed by atoms with E-state index < -0.39 is 11.9 Å². The number of ether oxygens (including phenoxy) is 1. The smallest absolute Gasteiger partial charge is 0.241 e. The summed E-state index contributed by atoms with van der Waals surface area (Å²) in [5.41, 5.74) is 1.26. The van der Waals surface area contributed by atoms with Crippen molar-refractivity contribution in [3.05, 3.63) is 64.9 Å². The molecule has 6 heteroatoms. The largest absolute Gasteiger partial charge is 0.381 e. The van der Waals surface area contributed by atoms with Crippen molar-refractivity contribution in [2.24, 2.45) is 0 Å². The van der Waals surface area contributed by atoms with Crippen LogP contribution in [0.15, 0.2) is 48.5 Å². The van der Waals surface area contributed by atoms with E-state index in [2.05, 4.69) is 10.6 Å². The summed E-state index contributed by atoms with van der Waals surface area (Å²) in [7, 11) is 0. The summed E-state index contributed by atoms with van der Waals surface area (Å²) < 4.78 is 19.3. The van der Waals surface area contributed by atoms with Crippen LogP contribution in [-0.2, 0) is 14.9 Å². The maximum Gasteiger partial charge on any atom is 0.241 e. The number of hydrogen-bond donors (Lipinski definition) is 2. The molecule has 2 N–H and O–H groups in total. The average molecular weight is 391 g/mol. The van der Waals surface area contributed by atoms with Crippen molar-refractivity contribution in [2.75, 3.05) is 25.1 Å². The molecule has 1 heterocycles. The third-order valence-corrected chi connectivity index (χ3v) is 5.43. The number of para-hydroxylation sites is 1. The monoisotopic (exact) mass is 390 g/mol. The zero-order valence-electron chi connectivity index (χ0n) is 15.3. The molecule has 4 nitrogen and oxygen atoms in total. The topological polar surface area (TPSA) is 50.4 Å². The fourth-order valence-corrected chi connectivity index (χ4v) is 3.50. The Morgan fingerprint density at radius 1 is 1.19 bits per heavy atom. The maximum absolute atomic E-state index is 13.7. The van der Waals surface area contributed by atoms with E-state index in [4.69, 9.17) is 16.3 Å². The first-order valence-electron chi connectivity index (χ1n) is 9.13. The van der Waals surface area contributed by atoms with Crippen LogP contribution in [0.1, 0.15) is 25.3 Å². The first-order valence-corrected chi connectivity index (χ1v) is 9.51. The third kappa shape index (κ3) is 4.86. The predicted molar refractivity (Wildman–Crippen MR) is 106 cm³/mol. The summed E-state index contributed by atoms with van der Waals surface area (Å²) in [6.45, 7) is 3.77. The Labute approximate surface area is 164 Å². The molecule has 1 unspecified atom stereocenters. The van der Waals surface area contributed by atoms with Gasteiger partial charge in [0, 0.05) is 30.2 Å². The van der Waals surface area contributed by atoms with Gasteiger partial charge < -0.3 is 15.4 Å². The summed E-state index contributed by atoms with van der Waals surface area (Å²) in [5, 5.41) is 6.66. The zero-order valence-corrected chi connectivity index (χ0v) is 16.1. The van der Waals surface area contributed by atoms with Crippen LogP contribution in [-0.4, -0.2) is 31.7 Å². The molecule has 1 amide bonds. The van der Waals surface area contributed by atoms with Crippen molar-refractivity contribution in [2.45, 2.75) is 31.2 Å². The second-order valence-corrected chi connectivity index (χ2v) is 7.41. The standard InChI is InChI=1S/C21H24ClFN2O2/c1-15(20(26)25-19-5-3-2-4-18(19)23)24-14-21(10-12-27-13-11-21)16-6-8-17(22)9-7-16/h2-9,15,24H,10-14H2,1H3,(H,25,26). The molecule has 2 aromatic rings. The summed E-state index contributed by atoms with van der Waals surface area (Å²) in [6.07, 6.45) is 1.73. The minimum absolute atomic E-state index is 0.116. The number of carbonyl (C=O) groups excluding carboxylic acids is 1. The highest BCUT2D eigenvalue weighted by molar-refractivity contribution is 6.30. The number of amides is 1. The molecular formula is C21H24ClFN2O2. The second kappa shape index (κ2) is 8.83. The van der Waals surface area contributed by atoms with Crippen LogP contribution in [0.5, 0.6) is 0 Å². The van der Waals surface area contributed by atoms with Gasteiger partial charge in [-0.2, -0.15) is 0 Å². The molecule has 1 atom stereocenters. The van der Waals surface area contributed by atoms with Gasteiger partial charge in [0.05, 0.1) is 11.7 Å². The Kier molecular flexibility index (Phi) is 6.47. The number of benzene rings is 2. The molecule has 27 heavy (non-hydrogen) atoms. The summed E-state index contributed by atoms with van der Waals surface area (Å²) >= 11 is 6.03. The van der Waals surface area contributed by atoms with E-state index in [1.165, 1.54) is 11.6 Å². The number of carbonyl (C=O) groups is 1. The van der Waals surface area contributed by atoms with Crippen LogP contribution in [0.3, 0.4) is 0 Å². The van der Waals surface area contributed by atoms with E-state index in [0.717, 1.165) is 12.8 Å². The van der Waals surface area contributed by atoms with Crippen molar-refractivity contribution in [3.8, 4) is 0 Å². The van der Waals surface area contributed by atoms with Gasteiger partial charge in [0.25, 0.3) is 0 Å². The van der Waals surface area contributed by atoms with E-state index in [1.807, 2.05) is 24.3 Å². The van der Waals surface area contributed by atoms with E-state index in [1.54, 1.807) is 25.1 Å². The molecule has 1 fully saturated rings. The van der Waals surface area contributed by atoms with Gasteiger partial charge >= 0.3 is 0 Å². The fourth-order valence-electron chi connectivity index (χ4n) is 3.38. The number of anilines is 1. The van der Waals surface area contributed by atoms with Gasteiger partial charge in [-0.15, -0.1) is 0 Å². The molecule has 0 saturated carbocycles. The van der Waals surface area contributed by atoms with Crippen molar-refractivity contribution < 1.29 is 13.9 Å². The molecule has 0 aliphatic carbocycles. The highest BCUT2D eigenvalue weighted by atomic mass is 35.5. The molecular weight excluding hydrogens is 367 g/mol. The number of halogens is 2. The first-order chi connectivity index (χ1) is 13.0. The predicted octanol–water partition coefficient (Wildman–Crippen LogP) is 4.14. The molecule has 0 radical (unpaired) electrons. The Morgan fingerprint density at radius 3 is 2.52 bits per heavy atom. The summed E-state index contributed by atoms with van der Waals surface area (Å²) in [4.78, 5) is 12.4. The lowest BCUT2D eigenvalue weighted by atomic mass is 9.74. The Morgan fingerprint density at radius 2 is 1.85 bits per heavy atom. The Balaban J connectivity index is 1.67. The minimum atomic E-state index is -0.461.